The van der Waals surface area contributed by atoms with E-state index in [4.69, 9.17) is 0 Å². The molecule has 0 aliphatic carbocycles. The number of carbonyl (C=O) groups is 1. The quantitative estimate of drug-likeness (QED) is 0.531. The van der Waals surface area contributed by atoms with Gasteiger partial charge in [0.1, 0.15) is 5.82 Å². The largest absolute Gasteiger partial charge is 0.356 e. The Morgan fingerprint density at radius 1 is 1.32 bits per heavy atom. The third-order valence-corrected chi connectivity index (χ3v) is 3.29. The van der Waals surface area contributed by atoms with Gasteiger partial charge in [0.15, 0.2) is 5.96 Å². The smallest absolute Gasteiger partial charge is 0.221 e. The number of nitrogens with one attached hydrogen (secondary N) is 3. The van der Waals surface area contributed by atoms with E-state index in [1.54, 1.807) is 25.2 Å². The molecule has 0 aromatic heterocycles. The number of nitrogens with zero attached hydrogens (tertiary/aromatic N) is 1. The Bertz CT molecular complexity index is 505. The first-order valence-corrected chi connectivity index (χ1v) is 7.54. The van der Waals surface area contributed by atoms with Gasteiger partial charge in [-0.25, -0.2) is 4.39 Å². The normalized spacial score (nSPS) is 12.6. The van der Waals surface area contributed by atoms with Crippen LogP contribution in [0.3, 0.4) is 0 Å². The summed E-state index contributed by atoms with van der Waals surface area (Å²) in [5.41, 5.74) is 0.569. The molecule has 0 spiro atoms. The van der Waals surface area contributed by atoms with Crippen LogP contribution in [-0.2, 0) is 11.3 Å². The number of halogens is 1. The molecular formula is C16H25FN4O. The lowest BCUT2D eigenvalue weighted by molar-refractivity contribution is -0.121. The summed E-state index contributed by atoms with van der Waals surface area (Å²) in [6.45, 7) is 4.81. The van der Waals surface area contributed by atoms with Crippen molar-refractivity contribution in [2.75, 3.05) is 13.6 Å². The molecule has 0 saturated heterocycles. The standard InChI is InChI=1S/C16H25FN4O/c1-4-12(2)21-15(22)9-10-19-16(18-3)20-11-13-7-5-6-8-14(13)17/h5-8,12H,4,9-11H2,1-3H3,(H,21,22)(H2,18,19,20). The second kappa shape index (κ2) is 9.76. The average molecular weight is 308 g/mol. The van der Waals surface area contributed by atoms with Gasteiger partial charge in [0.05, 0.1) is 0 Å². The van der Waals surface area contributed by atoms with E-state index in [1.165, 1.54) is 6.07 Å². The van der Waals surface area contributed by atoms with Gasteiger partial charge in [0.2, 0.25) is 5.91 Å². The zero-order valence-electron chi connectivity index (χ0n) is 13.4. The SMILES string of the molecule is CCC(C)NC(=O)CCNC(=NC)NCc1ccccc1F. The molecular weight excluding hydrogens is 283 g/mol. The van der Waals surface area contributed by atoms with Crippen molar-refractivity contribution in [2.24, 2.45) is 4.99 Å². The molecule has 0 saturated carbocycles. The van der Waals surface area contributed by atoms with E-state index < -0.39 is 0 Å². The number of benzene rings is 1. The van der Waals surface area contributed by atoms with Crippen molar-refractivity contribution in [3.63, 3.8) is 0 Å². The summed E-state index contributed by atoms with van der Waals surface area (Å²) in [5.74, 6) is 0.296. The lowest BCUT2D eigenvalue weighted by Crippen LogP contribution is -2.40. The number of guanidine groups is 1. The molecule has 6 heteroatoms. The number of rotatable bonds is 7. The zero-order chi connectivity index (χ0) is 16.4. The van der Waals surface area contributed by atoms with Crippen molar-refractivity contribution < 1.29 is 9.18 Å². The third-order valence-electron chi connectivity index (χ3n) is 3.29. The maximum absolute atomic E-state index is 13.5. The van der Waals surface area contributed by atoms with E-state index in [0.29, 0.717) is 31.0 Å². The van der Waals surface area contributed by atoms with Crippen LogP contribution in [0.4, 0.5) is 4.39 Å². The molecule has 1 amide bonds. The highest BCUT2D eigenvalue weighted by molar-refractivity contribution is 5.81. The fraction of sp³-hybridized carbons (Fsp3) is 0.500. The van der Waals surface area contributed by atoms with Crippen molar-refractivity contribution in [1.82, 2.24) is 16.0 Å². The molecule has 0 aliphatic rings. The molecule has 1 aromatic carbocycles. The maximum Gasteiger partial charge on any atom is 0.221 e. The molecule has 0 radical (unpaired) electrons. The summed E-state index contributed by atoms with van der Waals surface area (Å²) in [5, 5.41) is 8.95. The average Bonchev–Trinajstić information content (AvgIpc) is 2.51. The molecule has 5 nitrogen and oxygen atoms in total. The fourth-order valence-corrected chi connectivity index (χ4v) is 1.78. The summed E-state index contributed by atoms with van der Waals surface area (Å²) in [4.78, 5) is 15.7. The van der Waals surface area contributed by atoms with E-state index in [0.717, 1.165) is 6.42 Å². The highest BCUT2D eigenvalue weighted by atomic mass is 19.1. The van der Waals surface area contributed by atoms with E-state index in [9.17, 15) is 9.18 Å². The van der Waals surface area contributed by atoms with Gasteiger partial charge in [-0.15, -0.1) is 0 Å². The van der Waals surface area contributed by atoms with Crippen molar-refractivity contribution in [3.05, 3.63) is 35.6 Å². The Hall–Kier alpha value is -2.11. The second-order valence-electron chi connectivity index (χ2n) is 5.07. The van der Waals surface area contributed by atoms with Gasteiger partial charge in [-0.2, -0.15) is 0 Å². The van der Waals surface area contributed by atoms with Gasteiger partial charge >= 0.3 is 0 Å². The molecule has 122 valence electrons. The van der Waals surface area contributed by atoms with Crippen LogP contribution in [0.15, 0.2) is 29.3 Å². The van der Waals surface area contributed by atoms with Crippen molar-refractivity contribution in [2.45, 2.75) is 39.3 Å². The number of hydrogen-bond acceptors (Lipinski definition) is 2. The van der Waals surface area contributed by atoms with Crippen LogP contribution in [0.5, 0.6) is 0 Å². The lowest BCUT2D eigenvalue weighted by atomic mass is 10.2. The van der Waals surface area contributed by atoms with Gasteiger partial charge in [0, 0.05) is 38.2 Å². The monoisotopic (exact) mass is 308 g/mol. The third kappa shape index (κ3) is 6.56. The molecule has 0 bridgehead atoms. The van der Waals surface area contributed by atoms with Crippen LogP contribution >= 0.6 is 0 Å². The predicted octanol–water partition coefficient (Wildman–Crippen LogP) is 1.80. The summed E-state index contributed by atoms with van der Waals surface area (Å²) in [6, 6.07) is 6.77. The summed E-state index contributed by atoms with van der Waals surface area (Å²) >= 11 is 0. The Labute approximate surface area is 131 Å². The molecule has 3 N–H and O–H groups in total. The first-order valence-electron chi connectivity index (χ1n) is 7.54. The van der Waals surface area contributed by atoms with E-state index >= 15 is 0 Å². The predicted molar refractivity (Wildman–Crippen MR) is 87.1 cm³/mol. The van der Waals surface area contributed by atoms with Crippen molar-refractivity contribution in [3.8, 4) is 0 Å². The molecule has 22 heavy (non-hydrogen) atoms. The minimum atomic E-state index is -0.251. The fourth-order valence-electron chi connectivity index (χ4n) is 1.78. The minimum Gasteiger partial charge on any atom is -0.356 e. The first kappa shape index (κ1) is 17.9. The zero-order valence-corrected chi connectivity index (χ0v) is 13.4. The summed E-state index contributed by atoms with van der Waals surface area (Å²) in [6.07, 6.45) is 1.27. The van der Waals surface area contributed by atoms with Crippen LogP contribution in [0.2, 0.25) is 0 Å². The highest BCUT2D eigenvalue weighted by Crippen LogP contribution is 2.05. The first-order chi connectivity index (χ1) is 10.6. The van der Waals surface area contributed by atoms with Gasteiger partial charge in [-0.1, -0.05) is 25.1 Å². The van der Waals surface area contributed by atoms with E-state index in [2.05, 4.69) is 20.9 Å². The molecule has 1 atom stereocenters. The molecule has 1 unspecified atom stereocenters. The molecule has 1 rings (SSSR count). The Kier molecular flexibility index (Phi) is 7.96. The minimum absolute atomic E-state index is 0.00593. The topological polar surface area (TPSA) is 65.5 Å². The van der Waals surface area contributed by atoms with Gasteiger partial charge in [-0.3, -0.25) is 9.79 Å². The number of aliphatic imine (C=N–C) groups is 1. The van der Waals surface area contributed by atoms with E-state index in [-0.39, 0.29) is 17.8 Å². The van der Waals surface area contributed by atoms with Crippen LogP contribution in [0, 0.1) is 5.82 Å². The van der Waals surface area contributed by atoms with Gasteiger partial charge in [0.25, 0.3) is 0 Å². The summed E-state index contributed by atoms with van der Waals surface area (Å²) in [7, 11) is 1.63. The molecule has 0 fully saturated rings. The van der Waals surface area contributed by atoms with Gasteiger partial charge in [-0.05, 0) is 19.4 Å². The molecule has 1 aromatic rings. The van der Waals surface area contributed by atoms with E-state index in [1.807, 2.05) is 13.8 Å². The maximum atomic E-state index is 13.5. The Morgan fingerprint density at radius 2 is 2.05 bits per heavy atom. The molecule has 0 heterocycles. The van der Waals surface area contributed by atoms with Crippen LogP contribution in [0.25, 0.3) is 0 Å². The lowest BCUT2D eigenvalue weighted by Gasteiger charge is -2.14. The van der Waals surface area contributed by atoms with Crippen LogP contribution < -0.4 is 16.0 Å². The molecule has 0 aliphatic heterocycles. The van der Waals surface area contributed by atoms with Crippen LogP contribution in [-0.4, -0.2) is 31.5 Å². The van der Waals surface area contributed by atoms with Crippen molar-refractivity contribution >= 4 is 11.9 Å². The Balaban J connectivity index is 2.31. The summed E-state index contributed by atoms with van der Waals surface area (Å²) < 4.78 is 13.5. The number of hydrogen-bond donors (Lipinski definition) is 3. The second-order valence-corrected chi connectivity index (χ2v) is 5.07. The number of amides is 1. The van der Waals surface area contributed by atoms with Gasteiger partial charge < -0.3 is 16.0 Å². The highest BCUT2D eigenvalue weighted by Gasteiger charge is 2.06. The van der Waals surface area contributed by atoms with Crippen LogP contribution in [0.1, 0.15) is 32.3 Å². The Morgan fingerprint density at radius 3 is 2.68 bits per heavy atom. The van der Waals surface area contributed by atoms with Crippen molar-refractivity contribution in [1.29, 1.82) is 0 Å². The number of carbonyl (C=O) groups excluding carboxylic acids is 1.